The fraction of sp³-hybridized carbons (Fsp3) is 1.00. The topological polar surface area (TPSA) is 18.5 Å². The van der Waals surface area contributed by atoms with E-state index in [1.54, 1.807) is 0 Å². The molecule has 0 aromatic carbocycles. The van der Waals surface area contributed by atoms with Crippen LogP contribution in [0.2, 0.25) is 0 Å². The molecule has 10 heavy (non-hydrogen) atoms. The molecule has 2 nitrogen and oxygen atoms in total. The zero-order valence-corrected chi connectivity index (χ0v) is 6.43. The van der Waals surface area contributed by atoms with Crippen molar-refractivity contribution in [1.82, 2.24) is 0 Å². The lowest BCUT2D eigenvalue weighted by Gasteiger charge is -2.44. The molecule has 1 saturated heterocycles. The number of ether oxygens (including phenoxy) is 2. The monoisotopic (exact) mass is 142 g/mol. The maximum absolute atomic E-state index is 5.56. The fourth-order valence-corrected chi connectivity index (χ4v) is 1.95. The van der Waals surface area contributed by atoms with Gasteiger partial charge in [-0.25, -0.2) is 0 Å². The Morgan fingerprint density at radius 1 is 1.40 bits per heavy atom. The predicted octanol–water partition coefficient (Wildman–Crippen LogP) is 1.55. The van der Waals surface area contributed by atoms with E-state index in [1.807, 2.05) is 0 Å². The van der Waals surface area contributed by atoms with Gasteiger partial charge in [-0.3, -0.25) is 0 Å². The summed E-state index contributed by atoms with van der Waals surface area (Å²) in [5, 5.41) is 0. The van der Waals surface area contributed by atoms with Crippen LogP contribution in [0.3, 0.4) is 0 Å². The minimum absolute atomic E-state index is 0.116. The normalized spacial score (nSPS) is 36.3. The zero-order chi connectivity index (χ0) is 7.03. The molecule has 1 spiro atoms. The van der Waals surface area contributed by atoms with E-state index in [9.17, 15) is 0 Å². The van der Waals surface area contributed by atoms with Crippen molar-refractivity contribution in [3.05, 3.63) is 0 Å². The van der Waals surface area contributed by atoms with Gasteiger partial charge in [0.15, 0.2) is 5.79 Å². The molecule has 0 bridgehead atoms. The summed E-state index contributed by atoms with van der Waals surface area (Å²) < 4.78 is 11.1. The summed E-state index contributed by atoms with van der Waals surface area (Å²) in [4.78, 5) is 0. The third kappa shape index (κ3) is 0.722. The van der Waals surface area contributed by atoms with Gasteiger partial charge in [0.2, 0.25) is 0 Å². The van der Waals surface area contributed by atoms with E-state index in [4.69, 9.17) is 9.47 Å². The number of hydrogen-bond acceptors (Lipinski definition) is 2. The van der Waals surface area contributed by atoms with E-state index >= 15 is 0 Å². The Morgan fingerprint density at radius 2 is 2.10 bits per heavy atom. The van der Waals surface area contributed by atoms with Gasteiger partial charge < -0.3 is 9.47 Å². The van der Waals surface area contributed by atoms with Crippen LogP contribution < -0.4 is 0 Å². The summed E-state index contributed by atoms with van der Waals surface area (Å²) in [5.41, 5.74) is 0. The molecular weight excluding hydrogens is 128 g/mol. The van der Waals surface area contributed by atoms with Gasteiger partial charge in [-0.2, -0.15) is 0 Å². The molecule has 1 aliphatic heterocycles. The quantitative estimate of drug-likeness (QED) is 0.553. The first-order valence-electron chi connectivity index (χ1n) is 4.15. The Bertz CT molecular complexity index is 125. The molecule has 1 heterocycles. The van der Waals surface area contributed by atoms with E-state index in [1.165, 1.54) is 12.8 Å². The molecule has 1 saturated carbocycles. The van der Waals surface area contributed by atoms with Crippen LogP contribution in [0.1, 0.15) is 26.2 Å². The van der Waals surface area contributed by atoms with Gasteiger partial charge in [0.1, 0.15) is 0 Å². The van der Waals surface area contributed by atoms with Crippen molar-refractivity contribution in [1.29, 1.82) is 0 Å². The van der Waals surface area contributed by atoms with Gasteiger partial charge in [-0.15, -0.1) is 0 Å². The molecule has 58 valence electrons. The summed E-state index contributed by atoms with van der Waals surface area (Å²) in [5.74, 6) is 0.560. The van der Waals surface area contributed by atoms with Crippen LogP contribution in [0.5, 0.6) is 0 Å². The van der Waals surface area contributed by atoms with Gasteiger partial charge in [0.25, 0.3) is 0 Å². The first kappa shape index (κ1) is 6.62. The van der Waals surface area contributed by atoms with Crippen molar-refractivity contribution in [2.45, 2.75) is 32.0 Å². The molecule has 1 atom stereocenters. The molecular formula is C8H14O2. The van der Waals surface area contributed by atoms with Crippen molar-refractivity contribution in [2.24, 2.45) is 5.92 Å². The average molecular weight is 142 g/mol. The van der Waals surface area contributed by atoms with E-state index in [0.717, 1.165) is 19.6 Å². The number of rotatable bonds is 1. The Kier molecular flexibility index (Phi) is 1.46. The second kappa shape index (κ2) is 2.21. The predicted molar refractivity (Wildman–Crippen MR) is 37.6 cm³/mol. The van der Waals surface area contributed by atoms with Gasteiger partial charge in [-0.05, 0) is 12.8 Å². The Hall–Kier alpha value is -0.0800. The minimum atomic E-state index is -0.116. The molecule has 0 amide bonds. The standard InChI is InChI=1S/C8H14O2/c1-2-7-3-4-8(7)9-5-6-10-8/h7H,2-6H2,1H3. The highest BCUT2D eigenvalue weighted by Gasteiger charge is 2.50. The van der Waals surface area contributed by atoms with Crippen LogP contribution >= 0.6 is 0 Å². The van der Waals surface area contributed by atoms with E-state index in [-0.39, 0.29) is 5.79 Å². The second-order valence-corrected chi connectivity index (χ2v) is 3.15. The Balaban J connectivity index is 2.01. The van der Waals surface area contributed by atoms with E-state index in [2.05, 4.69) is 6.92 Å². The zero-order valence-electron chi connectivity index (χ0n) is 6.43. The van der Waals surface area contributed by atoms with E-state index < -0.39 is 0 Å². The molecule has 0 aromatic rings. The Labute approximate surface area is 61.5 Å². The molecule has 2 fully saturated rings. The fourth-order valence-electron chi connectivity index (χ4n) is 1.95. The van der Waals surface area contributed by atoms with Crippen LogP contribution in [0.4, 0.5) is 0 Å². The molecule has 1 unspecified atom stereocenters. The van der Waals surface area contributed by atoms with Crippen LogP contribution in [-0.2, 0) is 9.47 Å². The lowest BCUT2D eigenvalue weighted by Crippen LogP contribution is -2.47. The smallest absolute Gasteiger partial charge is 0.171 e. The molecule has 2 heteroatoms. The van der Waals surface area contributed by atoms with E-state index in [0.29, 0.717) is 5.92 Å². The van der Waals surface area contributed by atoms with Crippen molar-refractivity contribution < 1.29 is 9.47 Å². The van der Waals surface area contributed by atoms with Crippen molar-refractivity contribution >= 4 is 0 Å². The van der Waals surface area contributed by atoms with Crippen molar-refractivity contribution in [3.8, 4) is 0 Å². The van der Waals surface area contributed by atoms with Crippen LogP contribution in [0.15, 0.2) is 0 Å². The lowest BCUT2D eigenvalue weighted by molar-refractivity contribution is -0.248. The third-order valence-electron chi connectivity index (χ3n) is 2.73. The molecule has 0 aromatic heterocycles. The highest BCUT2D eigenvalue weighted by Crippen LogP contribution is 2.46. The minimum Gasteiger partial charge on any atom is -0.347 e. The van der Waals surface area contributed by atoms with Gasteiger partial charge in [0.05, 0.1) is 13.2 Å². The summed E-state index contributed by atoms with van der Waals surface area (Å²) in [6, 6.07) is 0. The number of hydrogen-bond donors (Lipinski definition) is 0. The molecule has 2 rings (SSSR count). The second-order valence-electron chi connectivity index (χ2n) is 3.15. The third-order valence-corrected chi connectivity index (χ3v) is 2.73. The average Bonchev–Trinajstić information content (AvgIpc) is 2.35. The highest BCUT2D eigenvalue weighted by molar-refractivity contribution is 4.91. The molecule has 0 N–H and O–H groups in total. The summed E-state index contributed by atoms with van der Waals surface area (Å²) in [7, 11) is 0. The largest absolute Gasteiger partial charge is 0.347 e. The van der Waals surface area contributed by atoms with Crippen LogP contribution in [0.25, 0.3) is 0 Å². The maximum atomic E-state index is 5.56. The first-order chi connectivity index (χ1) is 4.87. The highest BCUT2D eigenvalue weighted by atomic mass is 16.7. The maximum Gasteiger partial charge on any atom is 0.171 e. The van der Waals surface area contributed by atoms with Crippen LogP contribution in [0, 0.1) is 5.92 Å². The van der Waals surface area contributed by atoms with Crippen LogP contribution in [-0.4, -0.2) is 19.0 Å². The molecule has 1 aliphatic carbocycles. The molecule has 0 radical (unpaired) electrons. The first-order valence-corrected chi connectivity index (χ1v) is 4.15. The Morgan fingerprint density at radius 3 is 2.50 bits per heavy atom. The van der Waals surface area contributed by atoms with Gasteiger partial charge in [0, 0.05) is 12.3 Å². The van der Waals surface area contributed by atoms with Crippen molar-refractivity contribution in [3.63, 3.8) is 0 Å². The van der Waals surface area contributed by atoms with Crippen molar-refractivity contribution in [2.75, 3.05) is 13.2 Å². The molecule has 2 aliphatic rings. The van der Waals surface area contributed by atoms with Gasteiger partial charge >= 0.3 is 0 Å². The van der Waals surface area contributed by atoms with Gasteiger partial charge in [-0.1, -0.05) is 6.92 Å². The lowest BCUT2D eigenvalue weighted by atomic mass is 9.76. The summed E-state index contributed by atoms with van der Waals surface area (Å²) in [6.45, 7) is 3.81. The summed E-state index contributed by atoms with van der Waals surface area (Å²) in [6.07, 6.45) is 3.60. The summed E-state index contributed by atoms with van der Waals surface area (Å²) >= 11 is 0. The SMILES string of the molecule is CCC1CCC12OCCO2.